The molecule has 2 aliphatic heterocycles. The maximum atomic E-state index is 13.9. The van der Waals surface area contributed by atoms with E-state index in [9.17, 15) is 35.9 Å². The third-order valence-electron chi connectivity index (χ3n) is 9.08. The number of aliphatic carboxylic acids is 1. The maximum Gasteiger partial charge on any atom is 0.416 e. The highest BCUT2D eigenvalue weighted by Crippen LogP contribution is 2.44. The Morgan fingerprint density at radius 3 is 2.23 bits per heavy atom. The number of alkyl halides is 6. The SMILES string of the molecule is CC[C@@H]1C[C@H](N(Cc2cc(C(F)(F)F)cc(C(F)(F)F)c2)c2ncc(N3CCOCC3)cn2)c2nc(OC)ccc2N1C(=O)OCCCCCC(=O)O. The number of methoxy groups -OCH3 is 1. The normalized spacial score (nSPS) is 17.7. The number of morpholine rings is 1. The lowest BCUT2D eigenvalue weighted by atomic mass is 9.92. The molecule has 4 heterocycles. The second kappa shape index (κ2) is 16.9. The Labute approximate surface area is 301 Å². The molecule has 12 nitrogen and oxygen atoms in total. The summed E-state index contributed by atoms with van der Waals surface area (Å²) < 4.78 is 100.0. The summed E-state index contributed by atoms with van der Waals surface area (Å²) in [5, 5.41) is 8.87. The number of carboxylic acids is 1. The fraction of sp³-hybridized carbons (Fsp3) is 0.514. The monoisotopic (exact) mass is 754 g/mol. The number of nitrogens with zero attached hydrogens (tertiary/aromatic N) is 6. The van der Waals surface area contributed by atoms with Crippen molar-refractivity contribution in [3.63, 3.8) is 0 Å². The highest BCUT2D eigenvalue weighted by atomic mass is 19.4. The molecule has 0 radical (unpaired) electrons. The van der Waals surface area contributed by atoms with Crippen molar-refractivity contribution in [1.29, 1.82) is 0 Å². The summed E-state index contributed by atoms with van der Waals surface area (Å²) in [6.07, 6.45) is -5.85. The van der Waals surface area contributed by atoms with Gasteiger partial charge in [-0.1, -0.05) is 6.92 Å². The van der Waals surface area contributed by atoms with Crippen LogP contribution < -0.4 is 19.4 Å². The van der Waals surface area contributed by atoms with E-state index in [1.54, 1.807) is 6.07 Å². The van der Waals surface area contributed by atoms with E-state index in [2.05, 4.69) is 15.0 Å². The van der Waals surface area contributed by atoms with Crippen molar-refractivity contribution in [3.8, 4) is 5.88 Å². The van der Waals surface area contributed by atoms with E-state index >= 15 is 0 Å². The van der Waals surface area contributed by atoms with E-state index in [-0.39, 0.29) is 48.6 Å². The third kappa shape index (κ3) is 9.77. The fourth-order valence-electron chi connectivity index (χ4n) is 6.41. The predicted molar refractivity (Wildman–Crippen MR) is 180 cm³/mol. The van der Waals surface area contributed by atoms with Gasteiger partial charge in [0.05, 0.1) is 73.6 Å². The Kier molecular flexibility index (Phi) is 12.5. The van der Waals surface area contributed by atoms with Crippen molar-refractivity contribution in [3.05, 3.63) is 65.1 Å². The molecule has 0 bridgehead atoms. The van der Waals surface area contributed by atoms with E-state index < -0.39 is 54.2 Å². The topological polar surface area (TPSA) is 130 Å². The van der Waals surface area contributed by atoms with Gasteiger partial charge in [0.25, 0.3) is 0 Å². The molecule has 288 valence electrons. The lowest BCUT2D eigenvalue weighted by Crippen LogP contribution is -2.48. The van der Waals surface area contributed by atoms with Gasteiger partial charge >= 0.3 is 24.4 Å². The van der Waals surface area contributed by atoms with E-state index in [1.807, 2.05) is 11.8 Å². The number of amides is 1. The molecule has 1 amide bonds. The molecular weight excluding hydrogens is 714 g/mol. The first-order chi connectivity index (χ1) is 25.2. The quantitative estimate of drug-likeness (QED) is 0.140. The first-order valence-electron chi connectivity index (χ1n) is 17.1. The van der Waals surface area contributed by atoms with Crippen LogP contribution in [0, 0.1) is 0 Å². The van der Waals surface area contributed by atoms with Crippen molar-refractivity contribution in [2.45, 2.75) is 76.4 Å². The van der Waals surface area contributed by atoms with Crippen LogP contribution in [0.1, 0.15) is 73.9 Å². The van der Waals surface area contributed by atoms with Crippen LogP contribution in [0.25, 0.3) is 0 Å². The number of rotatable bonds is 13. The zero-order valence-electron chi connectivity index (χ0n) is 29.1. The Balaban J connectivity index is 1.56. The van der Waals surface area contributed by atoms with E-state index in [1.165, 1.54) is 35.4 Å². The zero-order chi connectivity index (χ0) is 38.3. The molecule has 0 spiro atoms. The number of ether oxygens (including phenoxy) is 3. The van der Waals surface area contributed by atoms with Crippen LogP contribution >= 0.6 is 0 Å². The van der Waals surface area contributed by atoms with Gasteiger partial charge in [-0.15, -0.1) is 0 Å². The molecule has 1 N–H and O–H groups in total. The third-order valence-corrected chi connectivity index (χ3v) is 9.08. The summed E-state index contributed by atoms with van der Waals surface area (Å²) in [6.45, 7) is 3.49. The van der Waals surface area contributed by atoms with E-state index in [4.69, 9.17) is 19.3 Å². The van der Waals surface area contributed by atoms with Crippen molar-refractivity contribution >= 4 is 29.4 Å². The van der Waals surface area contributed by atoms with Crippen LogP contribution in [0.2, 0.25) is 0 Å². The number of pyridine rings is 1. The molecule has 5 rings (SSSR count). The summed E-state index contributed by atoms with van der Waals surface area (Å²) in [5.74, 6) is -0.755. The van der Waals surface area contributed by atoms with Gasteiger partial charge in [-0.05, 0) is 61.9 Å². The number of fused-ring (bicyclic) bond motifs is 1. The molecule has 0 aliphatic carbocycles. The number of benzene rings is 1. The molecule has 1 aromatic carbocycles. The fourth-order valence-corrected chi connectivity index (χ4v) is 6.41. The highest BCUT2D eigenvalue weighted by molar-refractivity contribution is 5.90. The van der Waals surface area contributed by atoms with Gasteiger partial charge in [-0.2, -0.15) is 26.3 Å². The summed E-state index contributed by atoms with van der Waals surface area (Å²) in [4.78, 5) is 43.1. The largest absolute Gasteiger partial charge is 0.481 e. The Hall–Kier alpha value is -4.87. The molecule has 2 atom stereocenters. The Morgan fingerprint density at radius 2 is 1.64 bits per heavy atom. The molecule has 1 fully saturated rings. The number of carboxylic acid groups (broad SMARTS) is 1. The summed E-state index contributed by atoms with van der Waals surface area (Å²) in [7, 11) is 1.38. The lowest BCUT2D eigenvalue weighted by molar-refractivity contribution is -0.143. The smallest absolute Gasteiger partial charge is 0.416 e. The van der Waals surface area contributed by atoms with Crippen LogP contribution in [-0.4, -0.2) is 78.2 Å². The Bertz CT molecular complexity index is 1690. The Morgan fingerprint density at radius 1 is 0.981 bits per heavy atom. The summed E-state index contributed by atoms with van der Waals surface area (Å²) >= 11 is 0. The first-order valence-corrected chi connectivity index (χ1v) is 17.1. The minimum atomic E-state index is -5.06. The van der Waals surface area contributed by atoms with Gasteiger partial charge < -0.3 is 29.1 Å². The van der Waals surface area contributed by atoms with Crippen molar-refractivity contribution in [1.82, 2.24) is 15.0 Å². The molecule has 0 unspecified atom stereocenters. The average molecular weight is 755 g/mol. The number of hydrogen-bond donors (Lipinski definition) is 1. The van der Waals surface area contributed by atoms with Crippen LogP contribution in [0.4, 0.5) is 48.5 Å². The van der Waals surface area contributed by atoms with Gasteiger partial charge in [0.1, 0.15) is 0 Å². The molecule has 1 saturated heterocycles. The lowest BCUT2D eigenvalue weighted by Gasteiger charge is -2.43. The number of carbonyl (C=O) groups is 2. The number of hydrogen-bond acceptors (Lipinski definition) is 10. The maximum absolute atomic E-state index is 13.9. The van der Waals surface area contributed by atoms with Crippen molar-refractivity contribution in [2.24, 2.45) is 0 Å². The minimum absolute atomic E-state index is 0.00554. The number of unbranched alkanes of at least 4 members (excludes halogenated alkanes) is 2. The molecular formula is C35H40F6N6O6. The van der Waals surface area contributed by atoms with Crippen LogP contribution in [0.15, 0.2) is 42.7 Å². The molecule has 2 aliphatic rings. The van der Waals surface area contributed by atoms with Crippen molar-refractivity contribution in [2.75, 3.05) is 54.7 Å². The molecule has 0 saturated carbocycles. The van der Waals surface area contributed by atoms with E-state index in [0.717, 1.165) is 0 Å². The predicted octanol–water partition coefficient (Wildman–Crippen LogP) is 7.27. The average Bonchev–Trinajstić information content (AvgIpc) is 3.13. The van der Waals surface area contributed by atoms with Crippen LogP contribution in [-0.2, 0) is 33.2 Å². The molecule has 53 heavy (non-hydrogen) atoms. The number of carbonyl (C=O) groups excluding carboxylic acids is 1. The van der Waals surface area contributed by atoms with Gasteiger partial charge in [0.15, 0.2) is 0 Å². The van der Waals surface area contributed by atoms with Gasteiger partial charge in [-0.3, -0.25) is 9.69 Å². The number of anilines is 3. The first kappa shape index (κ1) is 39.3. The highest BCUT2D eigenvalue weighted by Gasteiger charge is 2.42. The summed E-state index contributed by atoms with van der Waals surface area (Å²) in [6, 6.07) is 3.13. The molecule has 3 aromatic rings. The standard InChI is InChI=1S/C35H40F6N6O6/c1-3-25-18-28(31-27(8-9-29(44-31)51-2)47(25)33(50)53-12-6-4-5-7-30(48)49)46(32-42-19-26(20-43-32)45-10-13-52-14-11-45)21-22-15-23(34(36,37)38)17-24(16-22)35(39,40)41/h8-9,15-17,19-20,25,28H,3-7,10-14,18,21H2,1-2H3,(H,48,49)/t25-,28+/m1/s1. The number of halogens is 6. The molecule has 2 aromatic heterocycles. The number of aromatic nitrogens is 3. The minimum Gasteiger partial charge on any atom is -0.481 e. The van der Waals surface area contributed by atoms with Crippen LogP contribution in [0.5, 0.6) is 5.88 Å². The zero-order valence-corrected chi connectivity index (χ0v) is 29.1. The van der Waals surface area contributed by atoms with Gasteiger partial charge in [0.2, 0.25) is 11.8 Å². The second-order valence-electron chi connectivity index (χ2n) is 12.6. The van der Waals surface area contributed by atoms with Gasteiger partial charge in [0, 0.05) is 38.2 Å². The summed E-state index contributed by atoms with van der Waals surface area (Å²) in [5.41, 5.74) is -2.01. The van der Waals surface area contributed by atoms with Crippen molar-refractivity contribution < 1.29 is 55.2 Å². The second-order valence-corrected chi connectivity index (χ2v) is 12.6. The van der Waals surface area contributed by atoms with Crippen LogP contribution in [0.3, 0.4) is 0 Å². The van der Waals surface area contributed by atoms with Gasteiger partial charge in [-0.25, -0.2) is 19.7 Å². The molecule has 18 heteroatoms. The van der Waals surface area contributed by atoms with E-state index in [0.29, 0.717) is 75.5 Å².